The molecule has 0 N–H and O–H groups in total. The zero-order valence-electron chi connectivity index (χ0n) is 8.53. The lowest BCUT2D eigenvalue weighted by Gasteiger charge is -2.05. The first-order valence-electron chi connectivity index (χ1n) is 4.71. The minimum absolute atomic E-state index is 0.0182. The Bertz CT molecular complexity index is 519. The predicted molar refractivity (Wildman–Crippen MR) is 62.8 cm³/mol. The third-order valence-corrected chi connectivity index (χ3v) is 2.46. The molecule has 0 aliphatic carbocycles. The summed E-state index contributed by atoms with van der Waals surface area (Å²) < 4.78 is 18.3. The van der Waals surface area contributed by atoms with Gasteiger partial charge < -0.3 is 4.74 Å². The highest BCUT2D eigenvalue weighted by atomic mass is 35.5. The van der Waals surface area contributed by atoms with E-state index in [4.69, 9.17) is 27.9 Å². The molecule has 1 aromatic heterocycles. The van der Waals surface area contributed by atoms with Gasteiger partial charge in [-0.2, -0.15) is 5.10 Å². The Morgan fingerprint density at radius 2 is 1.94 bits per heavy atom. The van der Waals surface area contributed by atoms with E-state index in [1.165, 1.54) is 18.2 Å². The van der Waals surface area contributed by atoms with E-state index in [1.807, 2.05) is 0 Å². The van der Waals surface area contributed by atoms with Gasteiger partial charge in [-0.05, 0) is 24.3 Å². The highest BCUT2D eigenvalue weighted by Crippen LogP contribution is 2.21. The Hall–Kier alpha value is -1.39. The molecule has 0 atom stereocenters. The van der Waals surface area contributed by atoms with Gasteiger partial charge in [-0.15, -0.1) is 5.10 Å². The van der Waals surface area contributed by atoms with Gasteiger partial charge in [0.25, 0.3) is 0 Å². The fourth-order valence-corrected chi connectivity index (χ4v) is 1.42. The van der Waals surface area contributed by atoms with Crippen LogP contribution in [-0.4, -0.2) is 10.2 Å². The van der Waals surface area contributed by atoms with Crippen LogP contribution in [0, 0.1) is 5.82 Å². The third kappa shape index (κ3) is 3.28. The average Bonchev–Trinajstić information content (AvgIpc) is 2.33. The summed E-state index contributed by atoms with van der Waals surface area (Å²) >= 11 is 11.2. The number of hydrogen-bond acceptors (Lipinski definition) is 3. The van der Waals surface area contributed by atoms with Gasteiger partial charge >= 0.3 is 0 Å². The van der Waals surface area contributed by atoms with Crippen molar-refractivity contribution in [3.8, 4) is 5.75 Å². The lowest BCUT2D eigenvalue weighted by molar-refractivity contribution is 0.299. The molecular formula is C11H7Cl2FN2O. The number of halogens is 3. The van der Waals surface area contributed by atoms with Crippen molar-refractivity contribution in [2.75, 3.05) is 0 Å². The van der Waals surface area contributed by atoms with Gasteiger partial charge in [0.05, 0.1) is 5.02 Å². The molecule has 0 saturated carbocycles. The Labute approximate surface area is 107 Å². The summed E-state index contributed by atoms with van der Waals surface area (Å²) in [7, 11) is 0. The van der Waals surface area contributed by atoms with Crippen molar-refractivity contribution in [3.63, 3.8) is 0 Å². The van der Waals surface area contributed by atoms with E-state index in [9.17, 15) is 4.39 Å². The lowest BCUT2D eigenvalue weighted by Crippen LogP contribution is -1.99. The second-order valence-corrected chi connectivity index (χ2v) is 4.01. The molecule has 0 aliphatic rings. The molecule has 6 heteroatoms. The number of nitrogens with zero attached hydrogens (tertiary/aromatic N) is 2. The third-order valence-electron chi connectivity index (χ3n) is 1.97. The van der Waals surface area contributed by atoms with Crippen molar-refractivity contribution in [3.05, 3.63) is 52.0 Å². The van der Waals surface area contributed by atoms with Crippen molar-refractivity contribution >= 4 is 23.2 Å². The zero-order valence-corrected chi connectivity index (χ0v) is 10.0. The van der Waals surface area contributed by atoms with E-state index in [0.717, 1.165) is 0 Å². The highest BCUT2D eigenvalue weighted by molar-refractivity contribution is 6.30. The van der Waals surface area contributed by atoms with Crippen LogP contribution in [0.25, 0.3) is 0 Å². The maximum absolute atomic E-state index is 12.9. The summed E-state index contributed by atoms with van der Waals surface area (Å²) in [6.07, 6.45) is 0. The lowest BCUT2D eigenvalue weighted by atomic mass is 10.3. The summed E-state index contributed by atoms with van der Waals surface area (Å²) in [5.41, 5.74) is 0.620. The Balaban J connectivity index is 2.02. The smallest absolute Gasteiger partial charge is 0.151 e. The molecule has 0 spiro atoms. The normalized spacial score (nSPS) is 10.3. The summed E-state index contributed by atoms with van der Waals surface area (Å²) in [5, 5.41) is 7.83. The van der Waals surface area contributed by atoms with Gasteiger partial charge in [0.2, 0.25) is 0 Å². The van der Waals surface area contributed by atoms with Crippen LogP contribution in [0.4, 0.5) is 4.39 Å². The van der Waals surface area contributed by atoms with Gasteiger partial charge in [-0.3, -0.25) is 0 Å². The molecule has 2 aromatic rings. The van der Waals surface area contributed by atoms with Crippen LogP contribution in [0.3, 0.4) is 0 Å². The van der Waals surface area contributed by atoms with Gasteiger partial charge in [0, 0.05) is 6.07 Å². The molecule has 0 fully saturated rings. The molecule has 1 heterocycles. The average molecular weight is 273 g/mol. The van der Waals surface area contributed by atoms with E-state index < -0.39 is 5.82 Å². The van der Waals surface area contributed by atoms with Crippen molar-refractivity contribution in [1.29, 1.82) is 0 Å². The number of hydrogen-bond donors (Lipinski definition) is 0. The van der Waals surface area contributed by atoms with Crippen LogP contribution in [-0.2, 0) is 6.61 Å². The Morgan fingerprint density at radius 1 is 1.12 bits per heavy atom. The first-order chi connectivity index (χ1) is 8.15. The second kappa shape index (κ2) is 5.29. The van der Waals surface area contributed by atoms with Gasteiger partial charge in [0.15, 0.2) is 5.15 Å². The molecular weight excluding hydrogens is 266 g/mol. The van der Waals surface area contributed by atoms with E-state index in [1.54, 1.807) is 12.1 Å². The number of ether oxygens (including phenoxy) is 1. The largest absolute Gasteiger partial charge is 0.487 e. The van der Waals surface area contributed by atoms with E-state index in [-0.39, 0.29) is 11.6 Å². The Morgan fingerprint density at radius 3 is 2.59 bits per heavy atom. The Kier molecular flexibility index (Phi) is 3.76. The number of benzene rings is 1. The monoisotopic (exact) mass is 272 g/mol. The maximum atomic E-state index is 12.9. The van der Waals surface area contributed by atoms with Gasteiger partial charge in [-0.25, -0.2) is 4.39 Å². The van der Waals surface area contributed by atoms with Gasteiger partial charge in [0.1, 0.15) is 23.9 Å². The minimum atomic E-state index is -0.481. The second-order valence-electron chi connectivity index (χ2n) is 3.21. The number of aromatic nitrogens is 2. The summed E-state index contributed by atoms with van der Waals surface area (Å²) in [6, 6.07) is 7.45. The fraction of sp³-hybridized carbons (Fsp3) is 0.0909. The first kappa shape index (κ1) is 12.1. The SMILES string of the molecule is Fc1ccc(OCc2ccc(Cl)nn2)cc1Cl. The van der Waals surface area contributed by atoms with Crippen LogP contribution in [0.2, 0.25) is 10.2 Å². The van der Waals surface area contributed by atoms with Crippen LogP contribution < -0.4 is 4.74 Å². The molecule has 2 rings (SSSR count). The van der Waals surface area contributed by atoms with Crippen molar-refractivity contribution in [2.45, 2.75) is 6.61 Å². The molecule has 0 amide bonds. The van der Waals surface area contributed by atoms with Crippen molar-refractivity contribution in [1.82, 2.24) is 10.2 Å². The van der Waals surface area contributed by atoms with Gasteiger partial charge in [-0.1, -0.05) is 23.2 Å². The molecule has 0 aliphatic heterocycles. The fourth-order valence-electron chi connectivity index (χ4n) is 1.14. The predicted octanol–water partition coefficient (Wildman–Crippen LogP) is 3.50. The molecule has 3 nitrogen and oxygen atoms in total. The molecule has 0 saturated heterocycles. The standard InChI is InChI=1S/C11H7Cl2FN2O/c12-9-5-8(2-3-10(9)14)17-6-7-1-4-11(13)16-15-7/h1-5H,6H2. The summed E-state index contributed by atoms with van der Waals surface area (Å²) in [6.45, 7) is 0.214. The van der Waals surface area contributed by atoms with E-state index in [0.29, 0.717) is 16.6 Å². The van der Waals surface area contributed by atoms with Crippen LogP contribution in [0.5, 0.6) is 5.75 Å². The van der Waals surface area contributed by atoms with Crippen molar-refractivity contribution in [2.24, 2.45) is 0 Å². The van der Waals surface area contributed by atoms with Crippen molar-refractivity contribution < 1.29 is 9.13 Å². The topological polar surface area (TPSA) is 35.0 Å². The highest BCUT2D eigenvalue weighted by Gasteiger charge is 2.03. The molecule has 0 unspecified atom stereocenters. The van der Waals surface area contributed by atoms with E-state index in [2.05, 4.69) is 10.2 Å². The summed E-state index contributed by atoms with van der Waals surface area (Å²) in [5.74, 6) is -0.0153. The molecule has 0 radical (unpaired) electrons. The quantitative estimate of drug-likeness (QED) is 0.858. The summed E-state index contributed by atoms with van der Waals surface area (Å²) in [4.78, 5) is 0. The van der Waals surface area contributed by atoms with Crippen LogP contribution in [0.1, 0.15) is 5.69 Å². The minimum Gasteiger partial charge on any atom is -0.487 e. The zero-order chi connectivity index (χ0) is 12.3. The first-order valence-corrected chi connectivity index (χ1v) is 5.47. The van der Waals surface area contributed by atoms with Crippen LogP contribution in [0.15, 0.2) is 30.3 Å². The van der Waals surface area contributed by atoms with E-state index >= 15 is 0 Å². The molecule has 17 heavy (non-hydrogen) atoms. The van der Waals surface area contributed by atoms with Crippen LogP contribution >= 0.6 is 23.2 Å². The molecule has 88 valence electrons. The molecule has 0 bridgehead atoms. The number of rotatable bonds is 3. The maximum Gasteiger partial charge on any atom is 0.151 e. The molecule has 1 aromatic carbocycles.